The van der Waals surface area contributed by atoms with Gasteiger partial charge in [-0.25, -0.2) is 9.59 Å². The lowest BCUT2D eigenvalue weighted by molar-refractivity contribution is -0.0311. The van der Waals surface area contributed by atoms with Crippen molar-refractivity contribution in [3.8, 4) is 5.75 Å². The maximum absolute atomic E-state index is 13.4. The lowest BCUT2D eigenvalue weighted by Crippen LogP contribution is -2.53. The van der Waals surface area contributed by atoms with Gasteiger partial charge in [0.15, 0.2) is 0 Å². The molecule has 1 N–H and O–H groups in total. The molecule has 0 saturated carbocycles. The molecule has 192 valence electrons. The molecule has 0 radical (unpaired) electrons. The molecule has 3 saturated heterocycles. The Morgan fingerprint density at radius 2 is 1.76 bits per heavy atom. The van der Waals surface area contributed by atoms with E-state index in [-0.39, 0.29) is 17.8 Å². The number of aryl methyl sites for hydroxylation is 1. The molecule has 1 amide bonds. The minimum Gasteiger partial charge on any atom is -0.489 e. The number of carboxylic acids is 1. The van der Waals surface area contributed by atoms with E-state index in [1.807, 2.05) is 60.7 Å². The highest BCUT2D eigenvalue weighted by Gasteiger charge is 2.37. The van der Waals surface area contributed by atoms with Crippen LogP contribution in [0.25, 0.3) is 0 Å². The highest BCUT2D eigenvalue weighted by Crippen LogP contribution is 2.31. The van der Waals surface area contributed by atoms with Crippen molar-refractivity contribution in [2.45, 2.75) is 39.0 Å². The van der Waals surface area contributed by atoms with Crippen molar-refractivity contribution in [2.75, 3.05) is 24.5 Å². The maximum atomic E-state index is 13.4. The molecule has 3 fully saturated rings. The van der Waals surface area contributed by atoms with E-state index in [0.29, 0.717) is 30.4 Å². The molecule has 0 spiro atoms. The Bertz CT molecular complexity index is 1250. The number of amides is 1. The third-order valence-electron chi connectivity index (χ3n) is 7.30. The molecule has 3 heterocycles. The van der Waals surface area contributed by atoms with Crippen molar-refractivity contribution >= 4 is 17.7 Å². The molecule has 3 aliphatic rings. The van der Waals surface area contributed by atoms with E-state index < -0.39 is 5.97 Å². The maximum Gasteiger partial charge on any atom is 0.414 e. The average Bonchev–Trinajstić information content (AvgIpc) is 2.92. The largest absolute Gasteiger partial charge is 0.489 e. The van der Waals surface area contributed by atoms with E-state index in [1.165, 1.54) is 0 Å². The number of fused-ring (bicyclic) bond motifs is 3. The Morgan fingerprint density at radius 1 is 0.973 bits per heavy atom. The number of hydrogen-bond acceptors (Lipinski definition) is 5. The van der Waals surface area contributed by atoms with Gasteiger partial charge in [-0.15, -0.1) is 0 Å². The van der Waals surface area contributed by atoms with Crippen LogP contribution < -0.4 is 9.64 Å². The number of piperidine rings is 3. The summed E-state index contributed by atoms with van der Waals surface area (Å²) in [4.78, 5) is 28.7. The number of nitrogens with zero attached hydrogens (tertiary/aromatic N) is 2. The van der Waals surface area contributed by atoms with Crippen LogP contribution in [0.15, 0.2) is 72.8 Å². The normalized spacial score (nSPS) is 20.3. The van der Waals surface area contributed by atoms with Gasteiger partial charge < -0.3 is 14.6 Å². The minimum absolute atomic E-state index is 0.0631. The molecule has 3 aromatic rings. The molecule has 1 atom stereocenters. The van der Waals surface area contributed by atoms with Gasteiger partial charge >= 0.3 is 12.1 Å². The van der Waals surface area contributed by atoms with E-state index in [2.05, 4.69) is 4.90 Å². The number of carboxylic acid groups (broad SMARTS) is 1. The predicted molar refractivity (Wildman–Crippen MR) is 141 cm³/mol. The van der Waals surface area contributed by atoms with Crippen molar-refractivity contribution in [3.63, 3.8) is 0 Å². The topological polar surface area (TPSA) is 79.3 Å². The zero-order valence-corrected chi connectivity index (χ0v) is 21.0. The van der Waals surface area contributed by atoms with Crippen molar-refractivity contribution in [1.29, 1.82) is 0 Å². The molecule has 6 rings (SSSR count). The zero-order valence-electron chi connectivity index (χ0n) is 21.0. The molecule has 2 bridgehead atoms. The lowest BCUT2D eigenvalue weighted by Gasteiger charge is -2.44. The summed E-state index contributed by atoms with van der Waals surface area (Å²) in [6, 6.07) is 22.5. The van der Waals surface area contributed by atoms with Crippen LogP contribution in [0.5, 0.6) is 5.75 Å². The van der Waals surface area contributed by atoms with Crippen LogP contribution in [0.3, 0.4) is 0 Å². The van der Waals surface area contributed by atoms with E-state index in [4.69, 9.17) is 9.47 Å². The van der Waals surface area contributed by atoms with Crippen molar-refractivity contribution in [3.05, 3.63) is 95.1 Å². The molecular weight excluding hydrogens is 468 g/mol. The van der Waals surface area contributed by atoms with Crippen molar-refractivity contribution < 1.29 is 24.2 Å². The summed E-state index contributed by atoms with van der Waals surface area (Å²) < 4.78 is 12.1. The molecule has 3 aliphatic heterocycles. The fourth-order valence-electron chi connectivity index (χ4n) is 5.25. The van der Waals surface area contributed by atoms with Gasteiger partial charge in [-0.2, -0.15) is 0 Å². The van der Waals surface area contributed by atoms with Gasteiger partial charge in [0.1, 0.15) is 18.5 Å². The molecule has 7 nitrogen and oxygen atoms in total. The average molecular weight is 501 g/mol. The Labute approximate surface area is 217 Å². The second-order valence-electron chi connectivity index (χ2n) is 9.87. The number of carbonyl (C=O) groups is 2. The number of hydrogen-bond donors (Lipinski definition) is 1. The predicted octanol–water partition coefficient (Wildman–Crippen LogP) is 5.51. The lowest BCUT2D eigenvalue weighted by atomic mass is 9.86. The summed E-state index contributed by atoms with van der Waals surface area (Å²) >= 11 is 0. The van der Waals surface area contributed by atoms with Gasteiger partial charge in [0.2, 0.25) is 0 Å². The Hall–Kier alpha value is -3.84. The Balaban J connectivity index is 1.28. The SMILES string of the molecule is Cc1cc(COc2cccc(CN(C(=O)O[C@H]3CN4CCC3CC4)c3ccccc3)c2)ccc1C(=O)O. The standard InChI is InChI=1S/C30H32N2O5/c1-21-16-23(10-11-27(21)29(33)34)20-36-26-9-5-6-22(17-26)18-32(25-7-3-2-4-8-25)30(35)37-28-19-31-14-12-24(28)13-15-31/h2-11,16-17,24,28H,12-15,18-20H2,1H3,(H,33,34)/t28-/m0/s1. The monoisotopic (exact) mass is 500 g/mol. The third-order valence-corrected chi connectivity index (χ3v) is 7.30. The molecule has 3 aromatic carbocycles. The van der Waals surface area contributed by atoms with Crippen LogP contribution in [-0.2, 0) is 17.9 Å². The van der Waals surface area contributed by atoms with Crippen molar-refractivity contribution in [2.24, 2.45) is 5.92 Å². The van der Waals surface area contributed by atoms with Crippen LogP contribution in [0, 0.1) is 12.8 Å². The first-order valence-electron chi connectivity index (χ1n) is 12.8. The molecule has 0 unspecified atom stereocenters. The second-order valence-corrected chi connectivity index (χ2v) is 9.87. The van der Waals surface area contributed by atoms with Gasteiger partial charge in [0, 0.05) is 12.2 Å². The summed E-state index contributed by atoms with van der Waals surface area (Å²) in [5, 5.41) is 9.24. The van der Waals surface area contributed by atoms with Crippen LogP contribution in [-0.4, -0.2) is 47.8 Å². The van der Waals surface area contributed by atoms with E-state index in [1.54, 1.807) is 24.0 Å². The number of carbonyl (C=O) groups excluding carboxylic acids is 1. The molecule has 37 heavy (non-hydrogen) atoms. The molecule has 0 aromatic heterocycles. The van der Waals surface area contributed by atoms with Gasteiger partial charge in [-0.05, 0) is 85.8 Å². The fraction of sp³-hybridized carbons (Fsp3) is 0.333. The Kier molecular flexibility index (Phi) is 7.42. The van der Waals surface area contributed by atoms with Crippen LogP contribution >= 0.6 is 0 Å². The van der Waals surface area contributed by atoms with E-state index >= 15 is 0 Å². The summed E-state index contributed by atoms with van der Waals surface area (Å²) in [5.41, 5.74) is 3.58. The van der Waals surface area contributed by atoms with E-state index in [0.717, 1.165) is 49.3 Å². The minimum atomic E-state index is -0.937. The first kappa shape index (κ1) is 24.8. The summed E-state index contributed by atoms with van der Waals surface area (Å²) in [7, 11) is 0. The number of aromatic carboxylic acids is 1. The highest BCUT2D eigenvalue weighted by molar-refractivity contribution is 5.89. The van der Waals surface area contributed by atoms with Gasteiger partial charge in [0.25, 0.3) is 0 Å². The fourth-order valence-corrected chi connectivity index (χ4v) is 5.25. The summed E-state index contributed by atoms with van der Waals surface area (Å²) in [6.07, 6.45) is 1.78. The molecule has 0 aliphatic carbocycles. The Morgan fingerprint density at radius 3 is 2.43 bits per heavy atom. The quantitative estimate of drug-likeness (QED) is 0.439. The number of para-hydroxylation sites is 1. The smallest absolute Gasteiger partial charge is 0.414 e. The number of benzene rings is 3. The van der Waals surface area contributed by atoms with Gasteiger partial charge in [0.05, 0.1) is 12.1 Å². The van der Waals surface area contributed by atoms with Crippen LogP contribution in [0.2, 0.25) is 0 Å². The van der Waals surface area contributed by atoms with Crippen molar-refractivity contribution in [1.82, 2.24) is 4.90 Å². The first-order chi connectivity index (χ1) is 18.0. The van der Waals surface area contributed by atoms with Crippen LogP contribution in [0.4, 0.5) is 10.5 Å². The number of rotatable bonds is 8. The summed E-state index contributed by atoms with van der Waals surface area (Å²) in [6.45, 7) is 5.45. The van der Waals surface area contributed by atoms with Gasteiger partial charge in [-0.1, -0.05) is 42.5 Å². The van der Waals surface area contributed by atoms with Crippen LogP contribution in [0.1, 0.15) is 39.9 Å². The second kappa shape index (κ2) is 11.0. The first-order valence-corrected chi connectivity index (χ1v) is 12.8. The molecular formula is C30H32N2O5. The van der Waals surface area contributed by atoms with E-state index in [9.17, 15) is 14.7 Å². The molecule has 7 heteroatoms. The highest BCUT2D eigenvalue weighted by atomic mass is 16.6. The zero-order chi connectivity index (χ0) is 25.8. The summed E-state index contributed by atoms with van der Waals surface area (Å²) in [5.74, 6) is 0.181. The third kappa shape index (κ3) is 5.94. The number of anilines is 1. The van der Waals surface area contributed by atoms with Gasteiger partial charge in [-0.3, -0.25) is 9.80 Å². The number of ether oxygens (including phenoxy) is 2.